The number of benzene rings is 1. The molecule has 1 aromatic rings. The molecule has 244 valence electrons. The molecule has 0 N–H and O–H groups in total. The van der Waals surface area contributed by atoms with Crippen LogP contribution in [0.25, 0.3) is 0 Å². The van der Waals surface area contributed by atoms with Crippen molar-refractivity contribution < 1.29 is 28.2 Å². The fourth-order valence-corrected chi connectivity index (χ4v) is 7.87. The third-order valence-corrected chi connectivity index (χ3v) is 14.8. The van der Waals surface area contributed by atoms with E-state index in [-0.39, 0.29) is 65.2 Å². The molecule has 6 nitrogen and oxygen atoms in total. The van der Waals surface area contributed by atoms with Crippen LogP contribution in [0.2, 0.25) is 18.1 Å². The maximum Gasteiger partial charge on any atom is 0.311 e. The van der Waals surface area contributed by atoms with E-state index in [2.05, 4.69) is 73.7 Å². The van der Waals surface area contributed by atoms with E-state index in [1.807, 2.05) is 45.9 Å². The Kier molecular flexibility index (Phi) is 11.6. The van der Waals surface area contributed by atoms with Gasteiger partial charge in [-0.2, -0.15) is 0 Å². The highest BCUT2D eigenvalue weighted by Gasteiger charge is 2.49. The van der Waals surface area contributed by atoms with E-state index in [4.69, 9.17) is 30.0 Å². The highest BCUT2D eigenvalue weighted by atomic mass is 28.4. The Morgan fingerprint density at radius 2 is 1.51 bits per heavy atom. The molecule has 0 radical (unpaired) electrons. The summed E-state index contributed by atoms with van der Waals surface area (Å²) in [6.45, 7) is 33.0. The van der Waals surface area contributed by atoms with Gasteiger partial charge in [0.15, 0.2) is 14.1 Å². The number of carbonyl (C=O) groups is 1. The molecule has 7 heteroatoms. The fraction of sp³-hybridized carbons (Fsp3) is 0.750. The molecule has 2 fully saturated rings. The summed E-state index contributed by atoms with van der Waals surface area (Å²) >= 11 is 0. The van der Waals surface area contributed by atoms with E-state index in [0.717, 1.165) is 17.6 Å². The summed E-state index contributed by atoms with van der Waals surface area (Å²) in [5.41, 5.74) is 2.17. The minimum Gasteiger partial charge on any atom is -0.462 e. The van der Waals surface area contributed by atoms with Crippen molar-refractivity contribution in [1.29, 1.82) is 0 Å². The van der Waals surface area contributed by atoms with Crippen molar-refractivity contribution in [3.8, 4) is 0 Å². The number of carbonyl (C=O) groups excluding carboxylic acids is 1. The molecule has 3 rings (SSSR count). The highest BCUT2D eigenvalue weighted by molar-refractivity contribution is 6.74. The Morgan fingerprint density at radius 1 is 0.930 bits per heavy atom. The Balaban J connectivity index is 2.08. The van der Waals surface area contributed by atoms with Gasteiger partial charge in [-0.25, -0.2) is 0 Å². The van der Waals surface area contributed by atoms with Crippen LogP contribution in [0.1, 0.15) is 88.1 Å². The van der Waals surface area contributed by atoms with Crippen molar-refractivity contribution in [1.82, 2.24) is 0 Å². The summed E-state index contributed by atoms with van der Waals surface area (Å²) < 4.78 is 33.2. The second-order valence-electron chi connectivity index (χ2n) is 15.5. The standard InChI is InChI=1S/C36H60O6Si/c1-22-20-23(2)31(42-43(13,14)35(8,9)10)26(5)32(38-21-29-18-16-15-17-19-29)24(3)28(7)39-34(37)27(6)33-25(4)30(22)40-36(11,12)41-33/h15-19,22,24-28,30-33H,2,20-21H2,1,3-14H3/t22-,24-,25+,26-,27+,28+,30-,31+,32?,33-/m0/s1. The first-order valence-corrected chi connectivity index (χ1v) is 19.2. The molecular weight excluding hydrogens is 556 g/mol. The minimum absolute atomic E-state index is 0.00631. The van der Waals surface area contributed by atoms with Crippen LogP contribution >= 0.6 is 0 Å². The van der Waals surface area contributed by atoms with E-state index >= 15 is 0 Å². The molecular formula is C36H60O6Si. The van der Waals surface area contributed by atoms with Crippen LogP contribution < -0.4 is 0 Å². The van der Waals surface area contributed by atoms with E-state index < -0.39 is 20.0 Å². The van der Waals surface area contributed by atoms with Gasteiger partial charge in [0, 0.05) is 17.8 Å². The maximum atomic E-state index is 13.6. The van der Waals surface area contributed by atoms with E-state index in [1.54, 1.807) is 0 Å². The van der Waals surface area contributed by atoms with E-state index in [1.165, 1.54) is 0 Å². The zero-order valence-corrected chi connectivity index (χ0v) is 30.2. The second kappa shape index (κ2) is 13.9. The molecule has 2 aliphatic rings. The lowest BCUT2D eigenvalue weighted by Gasteiger charge is -2.49. The van der Waals surface area contributed by atoms with Crippen LogP contribution in [0.15, 0.2) is 42.5 Å². The third-order valence-electron chi connectivity index (χ3n) is 10.4. The van der Waals surface area contributed by atoms with Gasteiger partial charge in [-0.05, 0) is 69.3 Å². The van der Waals surface area contributed by atoms with Crippen LogP contribution in [-0.4, -0.2) is 50.6 Å². The van der Waals surface area contributed by atoms with Gasteiger partial charge in [0.2, 0.25) is 0 Å². The summed E-state index contributed by atoms with van der Waals surface area (Å²) in [6.07, 6.45) is -0.543. The van der Waals surface area contributed by atoms with Gasteiger partial charge >= 0.3 is 5.97 Å². The summed E-state index contributed by atoms with van der Waals surface area (Å²) in [5.74, 6) is -1.50. The van der Waals surface area contributed by atoms with Crippen molar-refractivity contribution >= 4 is 14.3 Å². The van der Waals surface area contributed by atoms with Gasteiger partial charge in [0.25, 0.3) is 0 Å². The van der Waals surface area contributed by atoms with Gasteiger partial charge < -0.3 is 23.4 Å². The van der Waals surface area contributed by atoms with Crippen LogP contribution in [0.5, 0.6) is 0 Å². The zero-order chi connectivity index (χ0) is 32.5. The SMILES string of the molecule is C=C1C[C@H](C)[C@@H]2OC(C)(C)O[C@@H]([C@@H]2C)[C@@H](C)C(=O)O[C@H](C)[C@H](C)C(OCc2ccccc2)[C@@H](C)[C@@H]1O[Si](C)(C)C(C)(C)C. The van der Waals surface area contributed by atoms with Crippen molar-refractivity contribution in [2.45, 2.75) is 144 Å². The molecule has 0 aliphatic carbocycles. The van der Waals surface area contributed by atoms with Crippen LogP contribution in [0.3, 0.4) is 0 Å². The molecule has 1 unspecified atom stereocenters. The number of esters is 1. The molecule has 0 amide bonds. The number of cyclic esters (lactones) is 1. The molecule has 2 aliphatic heterocycles. The average molecular weight is 617 g/mol. The quantitative estimate of drug-likeness (QED) is 0.188. The lowest BCUT2D eigenvalue weighted by atomic mass is 9.77. The lowest BCUT2D eigenvalue weighted by Crippen LogP contribution is -2.56. The summed E-state index contributed by atoms with van der Waals surface area (Å²) in [7, 11) is -2.20. The molecule has 2 bridgehead atoms. The first-order chi connectivity index (χ1) is 19.8. The molecule has 0 spiro atoms. The van der Waals surface area contributed by atoms with Gasteiger partial charge in [-0.15, -0.1) is 0 Å². The predicted octanol–water partition coefficient (Wildman–Crippen LogP) is 8.55. The minimum atomic E-state index is -2.20. The Labute approximate surface area is 263 Å². The third kappa shape index (κ3) is 8.60. The number of fused-ring (bicyclic) bond motifs is 2. The largest absolute Gasteiger partial charge is 0.462 e. The summed E-state index contributed by atoms with van der Waals surface area (Å²) in [5, 5.41) is 0.0260. The number of ether oxygens (including phenoxy) is 4. The summed E-state index contributed by atoms with van der Waals surface area (Å²) in [6, 6.07) is 10.2. The Bertz CT molecular complexity index is 1080. The van der Waals surface area contributed by atoms with Crippen molar-refractivity contribution in [2.24, 2.45) is 29.6 Å². The molecule has 2 heterocycles. The normalized spacial score (nSPS) is 36.5. The van der Waals surface area contributed by atoms with Crippen molar-refractivity contribution in [3.63, 3.8) is 0 Å². The van der Waals surface area contributed by atoms with Gasteiger partial charge in [-0.3, -0.25) is 4.79 Å². The van der Waals surface area contributed by atoms with Crippen molar-refractivity contribution in [2.75, 3.05) is 0 Å². The highest BCUT2D eigenvalue weighted by Crippen LogP contribution is 2.44. The van der Waals surface area contributed by atoms with Crippen LogP contribution in [0, 0.1) is 29.6 Å². The lowest BCUT2D eigenvalue weighted by molar-refractivity contribution is -0.333. The molecule has 0 saturated carbocycles. The average Bonchev–Trinajstić information content (AvgIpc) is 2.91. The topological polar surface area (TPSA) is 63.2 Å². The van der Waals surface area contributed by atoms with Gasteiger partial charge in [0.05, 0.1) is 36.9 Å². The van der Waals surface area contributed by atoms with Crippen LogP contribution in [-0.2, 0) is 34.8 Å². The Hall–Kier alpha value is -1.51. The fourth-order valence-electron chi connectivity index (χ4n) is 6.50. The predicted molar refractivity (Wildman–Crippen MR) is 176 cm³/mol. The molecule has 0 aromatic heterocycles. The molecule has 43 heavy (non-hydrogen) atoms. The van der Waals surface area contributed by atoms with Gasteiger partial charge in [0.1, 0.15) is 6.10 Å². The summed E-state index contributed by atoms with van der Waals surface area (Å²) in [4.78, 5) is 13.6. The first-order valence-electron chi connectivity index (χ1n) is 16.3. The molecule has 2 saturated heterocycles. The zero-order valence-electron chi connectivity index (χ0n) is 29.2. The van der Waals surface area contributed by atoms with E-state index in [0.29, 0.717) is 6.61 Å². The second-order valence-corrected chi connectivity index (χ2v) is 20.2. The van der Waals surface area contributed by atoms with Gasteiger partial charge in [-0.1, -0.05) is 85.4 Å². The van der Waals surface area contributed by atoms with Crippen molar-refractivity contribution in [3.05, 3.63) is 48.0 Å². The smallest absolute Gasteiger partial charge is 0.311 e. The number of hydrogen-bond acceptors (Lipinski definition) is 6. The number of rotatable bonds is 5. The Morgan fingerprint density at radius 3 is 2.09 bits per heavy atom. The first kappa shape index (κ1) is 36.0. The monoisotopic (exact) mass is 616 g/mol. The maximum absolute atomic E-state index is 13.6. The van der Waals surface area contributed by atoms with Crippen LogP contribution in [0.4, 0.5) is 0 Å². The van der Waals surface area contributed by atoms with E-state index in [9.17, 15) is 4.79 Å². The molecule has 1 aromatic carbocycles. The number of hydrogen-bond donors (Lipinski definition) is 0. The molecule has 10 atom stereocenters.